The summed E-state index contributed by atoms with van der Waals surface area (Å²) in [5, 5.41) is 2.96. The van der Waals surface area contributed by atoms with Crippen molar-refractivity contribution in [1.29, 1.82) is 0 Å². The molecule has 0 fully saturated rings. The summed E-state index contributed by atoms with van der Waals surface area (Å²) in [5.74, 6) is -0.718. The smallest absolute Gasteiger partial charge is 0.326 e. The van der Waals surface area contributed by atoms with Crippen LogP contribution in [-0.2, 0) is 19.1 Å². The molecule has 0 aromatic heterocycles. The summed E-state index contributed by atoms with van der Waals surface area (Å²) in [6, 6.07) is 16.6. The Morgan fingerprint density at radius 1 is 1.13 bits per heavy atom. The SMILES string of the molecule is CCC[C@@H](NC(=O)[C@H](C)OC(=O)CN1C(=O)CCOc2ccccc21)c1ccccc1. The Morgan fingerprint density at radius 2 is 1.84 bits per heavy atom. The summed E-state index contributed by atoms with van der Waals surface area (Å²) in [4.78, 5) is 39.0. The van der Waals surface area contributed by atoms with Crippen LogP contribution in [0.4, 0.5) is 5.69 Å². The van der Waals surface area contributed by atoms with Crippen LogP contribution < -0.4 is 15.0 Å². The molecule has 3 rings (SSSR count). The van der Waals surface area contributed by atoms with E-state index in [1.165, 1.54) is 11.8 Å². The maximum atomic E-state index is 12.7. The van der Waals surface area contributed by atoms with Gasteiger partial charge >= 0.3 is 5.97 Å². The Kier molecular flexibility index (Phi) is 7.65. The van der Waals surface area contributed by atoms with Crippen LogP contribution in [0.5, 0.6) is 5.75 Å². The van der Waals surface area contributed by atoms with Crippen molar-refractivity contribution in [3.05, 3.63) is 60.2 Å². The Hall–Kier alpha value is -3.35. The first-order chi connectivity index (χ1) is 15.0. The second-order valence-electron chi connectivity index (χ2n) is 7.44. The zero-order valence-corrected chi connectivity index (χ0v) is 17.9. The van der Waals surface area contributed by atoms with E-state index in [2.05, 4.69) is 5.32 Å². The van der Waals surface area contributed by atoms with E-state index >= 15 is 0 Å². The van der Waals surface area contributed by atoms with Crippen molar-refractivity contribution in [3.63, 3.8) is 0 Å². The molecule has 0 aliphatic carbocycles. The Morgan fingerprint density at radius 3 is 2.58 bits per heavy atom. The van der Waals surface area contributed by atoms with Gasteiger partial charge in [0.25, 0.3) is 5.91 Å². The number of hydrogen-bond donors (Lipinski definition) is 1. The van der Waals surface area contributed by atoms with Crippen LogP contribution >= 0.6 is 0 Å². The highest BCUT2D eigenvalue weighted by Crippen LogP contribution is 2.30. The molecule has 0 bridgehead atoms. The van der Waals surface area contributed by atoms with Gasteiger partial charge in [0.2, 0.25) is 5.91 Å². The monoisotopic (exact) mass is 424 g/mol. The second-order valence-corrected chi connectivity index (χ2v) is 7.44. The number of hydrogen-bond acceptors (Lipinski definition) is 5. The number of nitrogens with one attached hydrogen (secondary N) is 1. The Balaban J connectivity index is 1.62. The summed E-state index contributed by atoms with van der Waals surface area (Å²) in [7, 11) is 0. The molecule has 2 amide bonds. The van der Waals surface area contributed by atoms with E-state index in [1.54, 1.807) is 24.3 Å². The van der Waals surface area contributed by atoms with E-state index < -0.39 is 12.1 Å². The predicted octanol–water partition coefficient (Wildman–Crippen LogP) is 3.39. The number of carbonyl (C=O) groups excluding carboxylic acids is 3. The van der Waals surface area contributed by atoms with E-state index in [0.717, 1.165) is 18.4 Å². The molecule has 2 aromatic carbocycles. The maximum absolute atomic E-state index is 12.7. The number of esters is 1. The minimum atomic E-state index is -0.982. The van der Waals surface area contributed by atoms with Crippen LogP contribution in [-0.4, -0.2) is 37.0 Å². The van der Waals surface area contributed by atoms with Gasteiger partial charge in [-0.15, -0.1) is 0 Å². The van der Waals surface area contributed by atoms with Crippen molar-refractivity contribution in [2.75, 3.05) is 18.1 Å². The van der Waals surface area contributed by atoms with E-state index in [4.69, 9.17) is 9.47 Å². The molecular weight excluding hydrogens is 396 g/mol. The van der Waals surface area contributed by atoms with Crippen molar-refractivity contribution in [2.45, 2.75) is 45.3 Å². The van der Waals surface area contributed by atoms with Crippen molar-refractivity contribution < 1.29 is 23.9 Å². The van der Waals surface area contributed by atoms with Crippen LogP contribution in [0.2, 0.25) is 0 Å². The van der Waals surface area contributed by atoms with Gasteiger partial charge in [0.15, 0.2) is 6.10 Å². The quantitative estimate of drug-likeness (QED) is 0.657. The van der Waals surface area contributed by atoms with Crippen LogP contribution in [0.3, 0.4) is 0 Å². The number of ether oxygens (including phenoxy) is 2. The average Bonchev–Trinajstić information content (AvgIpc) is 2.92. The summed E-state index contributed by atoms with van der Waals surface area (Å²) in [6.45, 7) is 3.54. The first kappa shape index (κ1) is 22.3. The summed E-state index contributed by atoms with van der Waals surface area (Å²) in [6.07, 6.45) is 0.847. The third-order valence-corrected chi connectivity index (χ3v) is 5.09. The normalized spacial score (nSPS) is 15.2. The maximum Gasteiger partial charge on any atom is 0.326 e. The van der Waals surface area contributed by atoms with E-state index in [1.807, 2.05) is 37.3 Å². The van der Waals surface area contributed by atoms with Crippen LogP contribution in [0.25, 0.3) is 0 Å². The molecule has 0 saturated carbocycles. The third-order valence-electron chi connectivity index (χ3n) is 5.09. The number of rotatable bonds is 8. The standard InChI is InChI=1S/C24H28N2O5/c1-3-9-19(18-10-5-4-6-11-18)25-24(29)17(2)31-23(28)16-26-20-12-7-8-13-21(20)30-15-14-22(26)27/h4-8,10-13,17,19H,3,9,14-16H2,1-2H3,(H,25,29)/t17-,19+/m0/s1. The fourth-order valence-electron chi connectivity index (χ4n) is 3.50. The molecule has 1 aliphatic heterocycles. The lowest BCUT2D eigenvalue weighted by molar-refractivity contribution is -0.154. The summed E-state index contributed by atoms with van der Waals surface area (Å²) >= 11 is 0. The Bertz CT molecular complexity index is 915. The van der Waals surface area contributed by atoms with Crippen LogP contribution in [0.1, 0.15) is 44.7 Å². The highest BCUT2D eigenvalue weighted by molar-refractivity contribution is 5.99. The first-order valence-electron chi connectivity index (χ1n) is 10.6. The minimum absolute atomic E-state index is 0.156. The van der Waals surface area contributed by atoms with Gasteiger partial charge in [-0.3, -0.25) is 19.3 Å². The highest BCUT2D eigenvalue weighted by atomic mass is 16.5. The molecule has 2 aromatic rings. The molecule has 0 spiro atoms. The lowest BCUT2D eigenvalue weighted by atomic mass is 10.0. The molecule has 1 N–H and O–H groups in total. The first-order valence-corrected chi connectivity index (χ1v) is 10.6. The molecule has 164 valence electrons. The van der Waals surface area contributed by atoms with Crippen LogP contribution in [0.15, 0.2) is 54.6 Å². The second kappa shape index (κ2) is 10.6. The van der Waals surface area contributed by atoms with Gasteiger partial charge in [0.05, 0.1) is 24.8 Å². The van der Waals surface area contributed by atoms with Crippen molar-refractivity contribution >= 4 is 23.5 Å². The van der Waals surface area contributed by atoms with Gasteiger partial charge in [-0.25, -0.2) is 0 Å². The van der Waals surface area contributed by atoms with Gasteiger partial charge in [-0.1, -0.05) is 55.8 Å². The molecule has 1 aliphatic rings. The predicted molar refractivity (Wildman–Crippen MR) is 117 cm³/mol. The molecule has 1 heterocycles. The fourth-order valence-corrected chi connectivity index (χ4v) is 3.50. The fraction of sp³-hybridized carbons (Fsp3) is 0.375. The van der Waals surface area contributed by atoms with Gasteiger partial charge in [-0.2, -0.15) is 0 Å². The van der Waals surface area contributed by atoms with E-state index in [0.29, 0.717) is 11.4 Å². The van der Waals surface area contributed by atoms with E-state index in [-0.39, 0.29) is 37.4 Å². The molecule has 0 saturated heterocycles. The average molecular weight is 424 g/mol. The number of nitrogens with zero attached hydrogens (tertiary/aromatic N) is 1. The molecule has 2 atom stereocenters. The highest BCUT2D eigenvalue weighted by Gasteiger charge is 2.28. The van der Waals surface area contributed by atoms with Gasteiger partial charge in [0.1, 0.15) is 12.3 Å². The lowest BCUT2D eigenvalue weighted by Crippen LogP contribution is -2.41. The topological polar surface area (TPSA) is 84.9 Å². The lowest BCUT2D eigenvalue weighted by Gasteiger charge is -2.23. The molecule has 0 unspecified atom stereocenters. The van der Waals surface area contributed by atoms with Crippen molar-refractivity contribution in [3.8, 4) is 5.75 Å². The van der Waals surface area contributed by atoms with Gasteiger partial charge in [0, 0.05) is 0 Å². The van der Waals surface area contributed by atoms with E-state index in [9.17, 15) is 14.4 Å². The number of anilines is 1. The van der Waals surface area contributed by atoms with Crippen LogP contribution in [0, 0.1) is 0 Å². The largest absolute Gasteiger partial charge is 0.491 e. The summed E-state index contributed by atoms with van der Waals surface area (Å²) in [5.41, 5.74) is 1.52. The number of amides is 2. The van der Waals surface area contributed by atoms with Crippen molar-refractivity contribution in [2.24, 2.45) is 0 Å². The molecule has 7 nitrogen and oxygen atoms in total. The molecule has 0 radical (unpaired) electrons. The molecular formula is C24H28N2O5. The van der Waals surface area contributed by atoms with Crippen molar-refractivity contribution in [1.82, 2.24) is 5.32 Å². The zero-order chi connectivity index (χ0) is 22.2. The summed E-state index contributed by atoms with van der Waals surface area (Å²) < 4.78 is 10.9. The molecule has 31 heavy (non-hydrogen) atoms. The van der Waals surface area contributed by atoms with Gasteiger partial charge < -0.3 is 14.8 Å². The number of fused-ring (bicyclic) bond motifs is 1. The molecule has 7 heteroatoms. The number of benzene rings is 2. The Labute approximate surface area is 182 Å². The van der Waals surface area contributed by atoms with Gasteiger partial charge in [-0.05, 0) is 31.0 Å². The minimum Gasteiger partial charge on any atom is -0.491 e. The number of carbonyl (C=O) groups is 3. The number of para-hydroxylation sites is 2. The zero-order valence-electron chi connectivity index (χ0n) is 17.9. The third kappa shape index (κ3) is 5.84.